The Morgan fingerprint density at radius 1 is 1.54 bits per heavy atom. The van der Waals surface area contributed by atoms with Crippen LogP contribution in [0.25, 0.3) is 0 Å². The van der Waals surface area contributed by atoms with Crippen LogP contribution in [0.15, 0.2) is 16.8 Å². The van der Waals surface area contributed by atoms with Crippen molar-refractivity contribution in [3.05, 3.63) is 16.8 Å². The number of thiophene rings is 1. The average molecular weight is 223 g/mol. The third kappa shape index (κ3) is 9.32. The molecule has 0 aromatic carbocycles. The predicted octanol–water partition coefficient (Wildman–Crippen LogP) is 2.18. The van der Waals surface area contributed by atoms with Crippen LogP contribution in [-0.2, 0) is 15.2 Å². The molecule has 75 valence electrons. The van der Waals surface area contributed by atoms with Crippen LogP contribution in [0.5, 0.6) is 5.75 Å². The molecule has 0 saturated carbocycles. The van der Waals surface area contributed by atoms with E-state index in [-0.39, 0.29) is 11.5 Å². The fourth-order valence-electron chi connectivity index (χ4n) is 0.510. The fourth-order valence-corrected chi connectivity index (χ4v) is 1.53. The molecule has 0 saturated heterocycles. The summed E-state index contributed by atoms with van der Waals surface area (Å²) < 4.78 is 27.6. The lowest BCUT2D eigenvalue weighted by Gasteiger charge is -1.85. The highest BCUT2D eigenvalue weighted by Crippen LogP contribution is 2.11. The Morgan fingerprint density at radius 3 is 2.23 bits per heavy atom. The minimum absolute atomic E-state index is 0.111. The molecule has 0 bridgehead atoms. The van der Waals surface area contributed by atoms with Crippen LogP contribution >= 0.6 is 11.3 Å². The molecule has 0 unspecified atom stereocenters. The van der Waals surface area contributed by atoms with Crippen LogP contribution in [0.1, 0.15) is 13.3 Å². The lowest BCUT2D eigenvalue weighted by molar-refractivity contribution is 0.357. The molecule has 0 aliphatic heterocycles. The van der Waals surface area contributed by atoms with E-state index in [0.717, 1.165) is 0 Å². The van der Waals surface area contributed by atoms with Crippen molar-refractivity contribution >= 4 is 21.5 Å². The number of hydrogen-bond donors (Lipinski definition) is 1. The molecule has 1 radical (unpaired) electrons. The van der Waals surface area contributed by atoms with E-state index >= 15 is 0 Å². The van der Waals surface area contributed by atoms with Crippen molar-refractivity contribution in [2.45, 2.75) is 13.3 Å². The van der Waals surface area contributed by atoms with Crippen LogP contribution in [0.4, 0.5) is 0 Å². The molecule has 4 nitrogen and oxygen atoms in total. The highest BCUT2D eigenvalue weighted by molar-refractivity contribution is 7.85. The minimum Gasteiger partial charge on any atom is -0.289 e. The second-order valence-electron chi connectivity index (χ2n) is 2.25. The first-order valence-electron chi connectivity index (χ1n) is 3.60. The van der Waals surface area contributed by atoms with Crippen molar-refractivity contribution < 1.29 is 18.1 Å². The molecule has 0 amide bonds. The lowest BCUT2D eigenvalue weighted by atomic mass is 10.6. The maximum atomic E-state index is 10.1. The third-order valence-electron chi connectivity index (χ3n) is 0.957. The van der Waals surface area contributed by atoms with E-state index in [1.54, 1.807) is 23.8 Å². The molecule has 0 spiro atoms. The molecule has 0 aliphatic carbocycles. The summed E-state index contributed by atoms with van der Waals surface area (Å²) in [6.45, 7) is 1.69. The molecule has 1 rings (SSSR count). The Morgan fingerprint density at radius 2 is 2.15 bits per heavy atom. The van der Waals surface area contributed by atoms with Gasteiger partial charge in [-0.25, -0.2) is 0 Å². The van der Waals surface area contributed by atoms with E-state index in [1.165, 1.54) is 11.3 Å². The molecule has 13 heavy (non-hydrogen) atoms. The van der Waals surface area contributed by atoms with Gasteiger partial charge in [0.1, 0.15) is 0 Å². The van der Waals surface area contributed by atoms with Crippen LogP contribution in [0.3, 0.4) is 0 Å². The molecule has 1 aromatic heterocycles. The summed E-state index contributed by atoms with van der Waals surface area (Å²) in [7, 11) is -3.67. The largest absolute Gasteiger partial charge is 0.289 e. The summed E-state index contributed by atoms with van der Waals surface area (Å²) in [6.07, 6.45) is 0.471. The first kappa shape index (κ1) is 12.4. The van der Waals surface area contributed by atoms with Crippen molar-refractivity contribution in [3.63, 3.8) is 0 Å². The van der Waals surface area contributed by atoms with Gasteiger partial charge in [0.15, 0.2) is 5.75 Å². The van der Waals surface area contributed by atoms with Gasteiger partial charge in [0.2, 0.25) is 0 Å². The fraction of sp³-hybridized carbons (Fsp3) is 0.429. The maximum Gasteiger partial charge on any atom is 0.264 e. The summed E-state index contributed by atoms with van der Waals surface area (Å²) in [5, 5.41) is 13.4. The third-order valence-corrected chi connectivity index (χ3v) is 2.54. The van der Waals surface area contributed by atoms with Gasteiger partial charge in [-0.3, -0.25) is 9.66 Å². The predicted molar refractivity (Wildman–Crippen MR) is 51.2 cm³/mol. The summed E-state index contributed by atoms with van der Waals surface area (Å²) in [5.74, 6) is -0.0208. The van der Waals surface area contributed by atoms with Crippen LogP contribution in [0.2, 0.25) is 0 Å². The molecular weight excluding hydrogens is 212 g/mol. The first-order chi connectivity index (χ1) is 5.95. The van der Waals surface area contributed by atoms with E-state index in [4.69, 9.17) is 4.55 Å². The van der Waals surface area contributed by atoms with Gasteiger partial charge in [0.05, 0.1) is 5.75 Å². The molecule has 0 atom stereocenters. The van der Waals surface area contributed by atoms with Gasteiger partial charge in [-0.05, 0) is 17.9 Å². The van der Waals surface area contributed by atoms with Gasteiger partial charge < -0.3 is 0 Å². The first-order valence-corrected chi connectivity index (χ1v) is 6.15. The second-order valence-corrected chi connectivity index (χ2v) is 4.60. The van der Waals surface area contributed by atoms with Gasteiger partial charge in [0, 0.05) is 5.38 Å². The Balaban J connectivity index is 0.000000223. The van der Waals surface area contributed by atoms with Crippen LogP contribution < -0.4 is 0 Å². The molecule has 0 aliphatic rings. The van der Waals surface area contributed by atoms with Gasteiger partial charge in [-0.15, -0.1) is 11.3 Å². The zero-order chi connectivity index (χ0) is 10.3. The Hall–Kier alpha value is -0.590. The number of rotatable bonds is 2. The van der Waals surface area contributed by atoms with Crippen molar-refractivity contribution in [2.24, 2.45) is 0 Å². The minimum atomic E-state index is -3.67. The summed E-state index contributed by atoms with van der Waals surface area (Å²) in [5.41, 5.74) is 0. The molecule has 1 aromatic rings. The Labute approximate surface area is 81.6 Å². The number of hydrogen-bond acceptors (Lipinski definition) is 3. The Bertz CT molecular complexity index is 301. The topological polar surface area (TPSA) is 74.3 Å². The van der Waals surface area contributed by atoms with E-state index in [0.29, 0.717) is 6.42 Å². The summed E-state index contributed by atoms with van der Waals surface area (Å²) >= 11 is 1.43. The smallest absolute Gasteiger partial charge is 0.264 e. The van der Waals surface area contributed by atoms with E-state index in [1.807, 2.05) is 0 Å². The normalized spacial score (nSPS) is 10.3. The van der Waals surface area contributed by atoms with Crippen molar-refractivity contribution in [1.29, 1.82) is 0 Å². The van der Waals surface area contributed by atoms with Crippen molar-refractivity contribution in [3.8, 4) is 5.75 Å². The molecular formula is C7H11O4S2. The molecule has 1 heterocycles. The van der Waals surface area contributed by atoms with Crippen molar-refractivity contribution in [1.82, 2.24) is 0 Å². The van der Waals surface area contributed by atoms with Crippen LogP contribution in [-0.4, -0.2) is 18.7 Å². The Kier molecular flexibility index (Phi) is 5.68. The molecule has 0 fully saturated rings. The SMILES string of the molecule is CCCS(=O)(=O)O.[O]c1ccsc1. The lowest BCUT2D eigenvalue weighted by Crippen LogP contribution is -2.01. The summed E-state index contributed by atoms with van der Waals surface area (Å²) in [4.78, 5) is 0. The standard InChI is InChI=1S/C4H3OS.C3H8O3S/c5-4-1-2-6-3-4;1-2-3-7(4,5)6/h1-3H;2-3H2,1H3,(H,4,5,6). The maximum absolute atomic E-state index is 10.1. The second kappa shape index (κ2) is 5.95. The van der Waals surface area contributed by atoms with Gasteiger partial charge >= 0.3 is 0 Å². The van der Waals surface area contributed by atoms with Gasteiger partial charge in [-0.1, -0.05) is 6.92 Å². The monoisotopic (exact) mass is 223 g/mol. The van der Waals surface area contributed by atoms with Gasteiger partial charge in [0.25, 0.3) is 10.1 Å². The summed E-state index contributed by atoms with van der Waals surface area (Å²) in [6, 6.07) is 1.55. The van der Waals surface area contributed by atoms with E-state index in [9.17, 15) is 13.5 Å². The zero-order valence-electron chi connectivity index (χ0n) is 7.13. The highest BCUT2D eigenvalue weighted by atomic mass is 32.2. The van der Waals surface area contributed by atoms with E-state index < -0.39 is 10.1 Å². The zero-order valence-corrected chi connectivity index (χ0v) is 8.77. The molecule has 6 heteroatoms. The van der Waals surface area contributed by atoms with Gasteiger partial charge in [-0.2, -0.15) is 8.42 Å². The van der Waals surface area contributed by atoms with E-state index in [2.05, 4.69) is 0 Å². The van der Waals surface area contributed by atoms with Crippen molar-refractivity contribution in [2.75, 3.05) is 5.75 Å². The quantitative estimate of drug-likeness (QED) is 0.781. The highest BCUT2D eigenvalue weighted by Gasteiger charge is 1.98. The van der Waals surface area contributed by atoms with Crippen LogP contribution in [0, 0.1) is 0 Å². The molecule has 1 N–H and O–H groups in total. The average Bonchev–Trinajstić information content (AvgIpc) is 2.38.